The second kappa shape index (κ2) is 6.53. The minimum Gasteiger partial charge on any atom is -0.322 e. The Balaban J connectivity index is 1.61. The smallest absolute Gasteiger partial charge is 0.277 e. The molecule has 0 saturated carbocycles. The molecule has 2 aromatic carbocycles. The summed E-state index contributed by atoms with van der Waals surface area (Å²) in [5, 5.41) is 12.1. The van der Waals surface area contributed by atoms with E-state index >= 15 is 0 Å². The summed E-state index contributed by atoms with van der Waals surface area (Å²) in [7, 11) is 0. The summed E-state index contributed by atoms with van der Waals surface area (Å²) in [6.45, 7) is 3.70. The number of benzene rings is 2. The molecule has 0 atom stereocenters. The van der Waals surface area contributed by atoms with Crippen molar-refractivity contribution in [1.82, 2.24) is 20.0 Å². The molecular formula is C20H17N5O2. The number of hydrogen-bond donors (Lipinski definition) is 2. The quantitative estimate of drug-likeness (QED) is 0.588. The van der Waals surface area contributed by atoms with E-state index in [2.05, 4.69) is 20.5 Å². The molecule has 2 N–H and O–H groups in total. The van der Waals surface area contributed by atoms with Gasteiger partial charge in [0.15, 0.2) is 5.69 Å². The number of aromatic amines is 1. The molecular weight excluding hydrogens is 342 g/mol. The van der Waals surface area contributed by atoms with Crippen LogP contribution in [0.25, 0.3) is 16.6 Å². The van der Waals surface area contributed by atoms with E-state index in [1.165, 1.54) is 11.0 Å². The fraction of sp³-hybridized carbons (Fsp3) is 0.100. The maximum atomic E-state index is 12.5. The Morgan fingerprint density at radius 1 is 1.07 bits per heavy atom. The van der Waals surface area contributed by atoms with Gasteiger partial charge in [0.1, 0.15) is 0 Å². The minimum absolute atomic E-state index is 0.130. The normalized spacial score (nSPS) is 10.9. The number of rotatable bonds is 3. The van der Waals surface area contributed by atoms with E-state index < -0.39 is 0 Å². The fourth-order valence-electron chi connectivity index (χ4n) is 2.89. The number of carbonyl (C=O) groups is 1. The van der Waals surface area contributed by atoms with Crippen molar-refractivity contribution >= 4 is 22.5 Å². The van der Waals surface area contributed by atoms with Crippen LogP contribution in [0.15, 0.2) is 59.5 Å². The van der Waals surface area contributed by atoms with Crippen LogP contribution in [0.2, 0.25) is 0 Å². The Morgan fingerprint density at radius 3 is 2.63 bits per heavy atom. The van der Waals surface area contributed by atoms with Crippen molar-refractivity contribution in [2.24, 2.45) is 0 Å². The summed E-state index contributed by atoms with van der Waals surface area (Å²) in [5.41, 5.74) is 3.70. The lowest BCUT2D eigenvalue weighted by molar-refractivity contribution is 0.102. The summed E-state index contributed by atoms with van der Waals surface area (Å²) in [4.78, 5) is 28.7. The highest BCUT2D eigenvalue weighted by Gasteiger charge is 2.13. The van der Waals surface area contributed by atoms with E-state index in [1.54, 1.807) is 19.1 Å². The van der Waals surface area contributed by atoms with Gasteiger partial charge in [-0.2, -0.15) is 9.90 Å². The number of para-hydroxylation sites is 1. The molecule has 7 heteroatoms. The summed E-state index contributed by atoms with van der Waals surface area (Å²) >= 11 is 0. The van der Waals surface area contributed by atoms with Crippen molar-refractivity contribution in [3.05, 3.63) is 81.9 Å². The number of anilines is 1. The predicted molar refractivity (Wildman–Crippen MR) is 103 cm³/mol. The van der Waals surface area contributed by atoms with Crippen molar-refractivity contribution in [3.63, 3.8) is 0 Å². The van der Waals surface area contributed by atoms with Gasteiger partial charge in [-0.05, 0) is 43.7 Å². The van der Waals surface area contributed by atoms with Crippen LogP contribution in [-0.2, 0) is 0 Å². The number of pyridine rings is 1. The standard InChI is InChI=1S/C20H17N5O2/c1-12-13(2)19(26)23-17-10-14(8-9-16(12)17)22-20(27)18-11-21-25(24-18)15-6-4-3-5-7-15/h3-11H,1-2H3,(H,22,27)(H,23,26). The van der Waals surface area contributed by atoms with Gasteiger partial charge >= 0.3 is 0 Å². The lowest BCUT2D eigenvalue weighted by atomic mass is 10.1. The first-order valence-corrected chi connectivity index (χ1v) is 8.45. The molecule has 0 spiro atoms. The maximum absolute atomic E-state index is 12.5. The highest BCUT2D eigenvalue weighted by molar-refractivity contribution is 6.03. The number of aromatic nitrogens is 4. The Morgan fingerprint density at radius 2 is 1.85 bits per heavy atom. The Hall–Kier alpha value is -3.74. The van der Waals surface area contributed by atoms with E-state index in [0.29, 0.717) is 16.8 Å². The van der Waals surface area contributed by atoms with Crippen molar-refractivity contribution in [1.29, 1.82) is 0 Å². The van der Waals surface area contributed by atoms with Crippen LogP contribution >= 0.6 is 0 Å². The monoisotopic (exact) mass is 359 g/mol. The number of carbonyl (C=O) groups excluding carboxylic acids is 1. The second-order valence-corrected chi connectivity index (χ2v) is 6.27. The summed E-state index contributed by atoms with van der Waals surface area (Å²) in [5.74, 6) is -0.372. The molecule has 0 bridgehead atoms. The molecule has 27 heavy (non-hydrogen) atoms. The van der Waals surface area contributed by atoms with Gasteiger partial charge in [-0.3, -0.25) is 9.59 Å². The Labute approximate surface area is 154 Å². The fourth-order valence-corrected chi connectivity index (χ4v) is 2.89. The van der Waals surface area contributed by atoms with Gasteiger partial charge in [0, 0.05) is 16.6 Å². The van der Waals surface area contributed by atoms with Gasteiger partial charge < -0.3 is 10.3 Å². The van der Waals surface area contributed by atoms with E-state index in [9.17, 15) is 9.59 Å². The molecule has 0 aliphatic rings. The van der Waals surface area contributed by atoms with Crippen molar-refractivity contribution in [2.45, 2.75) is 13.8 Å². The molecule has 0 saturated heterocycles. The predicted octanol–water partition coefficient (Wildman–Crippen LogP) is 2.98. The number of aryl methyl sites for hydroxylation is 1. The van der Waals surface area contributed by atoms with E-state index in [4.69, 9.17) is 0 Å². The first kappa shape index (κ1) is 16.7. The third-order valence-corrected chi connectivity index (χ3v) is 4.54. The summed E-state index contributed by atoms with van der Waals surface area (Å²) in [6.07, 6.45) is 1.42. The molecule has 0 fully saturated rings. The third kappa shape index (κ3) is 3.10. The van der Waals surface area contributed by atoms with Crippen molar-refractivity contribution in [3.8, 4) is 5.69 Å². The SMILES string of the molecule is Cc1c(C)c2ccc(NC(=O)c3cnn(-c4ccccc4)n3)cc2[nH]c1=O. The number of nitrogens with one attached hydrogen (secondary N) is 2. The van der Waals surface area contributed by atoms with Crippen LogP contribution in [0.1, 0.15) is 21.6 Å². The van der Waals surface area contributed by atoms with Crippen LogP contribution in [0.5, 0.6) is 0 Å². The number of nitrogens with zero attached hydrogens (tertiary/aromatic N) is 3. The average Bonchev–Trinajstić information content (AvgIpc) is 3.17. The van der Waals surface area contributed by atoms with Crippen LogP contribution in [-0.4, -0.2) is 25.9 Å². The maximum Gasteiger partial charge on any atom is 0.277 e. The molecule has 0 radical (unpaired) electrons. The third-order valence-electron chi connectivity index (χ3n) is 4.54. The zero-order chi connectivity index (χ0) is 19.0. The van der Waals surface area contributed by atoms with Gasteiger partial charge in [-0.25, -0.2) is 0 Å². The Bertz CT molecular complexity index is 1210. The van der Waals surface area contributed by atoms with Crippen LogP contribution < -0.4 is 10.9 Å². The van der Waals surface area contributed by atoms with Gasteiger partial charge in [-0.15, -0.1) is 5.10 Å². The van der Waals surface area contributed by atoms with Gasteiger partial charge in [-0.1, -0.05) is 24.3 Å². The van der Waals surface area contributed by atoms with Gasteiger partial charge in [0.05, 0.1) is 17.4 Å². The van der Waals surface area contributed by atoms with Crippen LogP contribution in [0.3, 0.4) is 0 Å². The average molecular weight is 359 g/mol. The number of amides is 1. The minimum atomic E-state index is -0.372. The lowest BCUT2D eigenvalue weighted by Crippen LogP contribution is -2.14. The number of fused-ring (bicyclic) bond motifs is 1. The van der Waals surface area contributed by atoms with Crippen molar-refractivity contribution < 1.29 is 4.79 Å². The lowest BCUT2D eigenvalue weighted by Gasteiger charge is -2.08. The highest BCUT2D eigenvalue weighted by atomic mass is 16.2. The van der Waals surface area contributed by atoms with E-state index in [-0.39, 0.29) is 17.2 Å². The molecule has 2 heterocycles. The van der Waals surface area contributed by atoms with Crippen LogP contribution in [0, 0.1) is 13.8 Å². The zero-order valence-electron chi connectivity index (χ0n) is 14.9. The summed E-state index contributed by atoms with van der Waals surface area (Å²) < 4.78 is 0. The molecule has 4 aromatic rings. The van der Waals surface area contributed by atoms with Crippen LogP contribution in [0.4, 0.5) is 5.69 Å². The first-order valence-electron chi connectivity index (χ1n) is 8.45. The molecule has 0 unspecified atom stereocenters. The van der Waals surface area contributed by atoms with Gasteiger partial charge in [0.25, 0.3) is 11.5 Å². The second-order valence-electron chi connectivity index (χ2n) is 6.27. The van der Waals surface area contributed by atoms with E-state index in [0.717, 1.165) is 16.6 Å². The molecule has 0 aliphatic heterocycles. The molecule has 2 aromatic heterocycles. The Kier molecular flexibility index (Phi) is 4.04. The van der Waals surface area contributed by atoms with Gasteiger partial charge in [0.2, 0.25) is 0 Å². The molecule has 4 rings (SSSR count). The highest BCUT2D eigenvalue weighted by Crippen LogP contribution is 2.21. The first-order chi connectivity index (χ1) is 13.0. The number of hydrogen-bond acceptors (Lipinski definition) is 4. The molecule has 0 aliphatic carbocycles. The largest absolute Gasteiger partial charge is 0.322 e. The van der Waals surface area contributed by atoms with Crippen molar-refractivity contribution in [2.75, 3.05) is 5.32 Å². The number of H-pyrrole nitrogens is 1. The molecule has 7 nitrogen and oxygen atoms in total. The van der Waals surface area contributed by atoms with E-state index in [1.807, 2.05) is 43.3 Å². The zero-order valence-corrected chi connectivity index (χ0v) is 14.9. The molecule has 1 amide bonds. The topological polar surface area (TPSA) is 92.7 Å². The molecule has 134 valence electrons. The summed E-state index contributed by atoms with van der Waals surface area (Å²) in [6, 6.07) is 14.8.